The number of hydrogen-bond acceptors (Lipinski definition) is 2. The molecule has 1 unspecified atom stereocenters. The lowest BCUT2D eigenvalue weighted by Crippen LogP contribution is -2.07. The van der Waals surface area contributed by atoms with Crippen molar-refractivity contribution in [2.24, 2.45) is 0 Å². The Hall–Kier alpha value is -1.61. The Morgan fingerprint density at radius 3 is 2.30 bits per heavy atom. The van der Waals surface area contributed by atoms with Crippen LogP contribution >= 0.6 is 15.9 Å². The third-order valence-electron chi connectivity index (χ3n) is 3.35. The van der Waals surface area contributed by atoms with Crippen molar-refractivity contribution in [3.8, 4) is 0 Å². The Morgan fingerprint density at radius 1 is 1.10 bits per heavy atom. The summed E-state index contributed by atoms with van der Waals surface area (Å²) in [6.45, 7) is 2.07. The molecule has 0 aliphatic rings. The number of benzene rings is 2. The number of carbonyl (C=O) groups is 1. The minimum atomic E-state index is 0.221. The Morgan fingerprint density at radius 2 is 1.70 bits per heavy atom. The largest absolute Gasteiger partial charge is 0.399 e. The summed E-state index contributed by atoms with van der Waals surface area (Å²) in [4.78, 5) is 12.1. The Bertz CT molecular complexity index is 575. The van der Waals surface area contributed by atoms with Crippen molar-refractivity contribution >= 4 is 27.4 Å². The van der Waals surface area contributed by atoms with E-state index in [1.54, 1.807) is 0 Å². The molecule has 0 saturated heterocycles. The second-order valence-corrected chi connectivity index (χ2v) is 6.03. The van der Waals surface area contributed by atoms with Crippen molar-refractivity contribution in [3.63, 3.8) is 0 Å². The van der Waals surface area contributed by atoms with Gasteiger partial charge in [0.05, 0.1) is 0 Å². The van der Waals surface area contributed by atoms with Gasteiger partial charge >= 0.3 is 0 Å². The normalized spacial score (nSPS) is 12.1. The first-order valence-electron chi connectivity index (χ1n) is 6.66. The maximum Gasteiger partial charge on any atom is 0.137 e. The second kappa shape index (κ2) is 6.71. The molecular weight excluding hydrogens is 314 g/mol. The molecule has 2 aromatic rings. The second-order valence-electron chi connectivity index (χ2n) is 5.11. The van der Waals surface area contributed by atoms with Gasteiger partial charge in [-0.05, 0) is 41.3 Å². The van der Waals surface area contributed by atoms with E-state index in [0.29, 0.717) is 12.8 Å². The van der Waals surface area contributed by atoms with Crippen LogP contribution in [0.5, 0.6) is 0 Å². The SMILES string of the molecule is CC(CC(=O)Cc1ccc(Br)cc1)c1ccc(N)cc1. The number of hydrogen-bond donors (Lipinski definition) is 1. The van der Waals surface area contributed by atoms with E-state index < -0.39 is 0 Å². The molecule has 0 radical (unpaired) electrons. The summed E-state index contributed by atoms with van der Waals surface area (Å²) >= 11 is 3.39. The van der Waals surface area contributed by atoms with E-state index in [9.17, 15) is 4.79 Å². The van der Waals surface area contributed by atoms with Gasteiger partial charge in [-0.1, -0.05) is 47.1 Å². The summed E-state index contributed by atoms with van der Waals surface area (Å²) in [6, 6.07) is 15.6. The van der Waals surface area contributed by atoms with E-state index in [1.165, 1.54) is 0 Å². The average molecular weight is 332 g/mol. The van der Waals surface area contributed by atoms with Crippen molar-refractivity contribution in [1.82, 2.24) is 0 Å². The lowest BCUT2D eigenvalue weighted by atomic mass is 9.93. The van der Waals surface area contributed by atoms with E-state index >= 15 is 0 Å². The maximum absolute atomic E-state index is 12.1. The molecule has 0 fully saturated rings. The van der Waals surface area contributed by atoms with Gasteiger partial charge in [-0.2, -0.15) is 0 Å². The molecule has 104 valence electrons. The number of nitrogens with two attached hydrogens (primary N) is 1. The van der Waals surface area contributed by atoms with E-state index in [1.807, 2.05) is 48.5 Å². The minimum absolute atomic E-state index is 0.221. The number of halogens is 1. The van der Waals surface area contributed by atoms with Gasteiger partial charge in [-0.3, -0.25) is 4.79 Å². The third-order valence-corrected chi connectivity index (χ3v) is 3.88. The van der Waals surface area contributed by atoms with E-state index in [4.69, 9.17) is 5.73 Å². The number of nitrogen functional groups attached to an aromatic ring is 1. The zero-order chi connectivity index (χ0) is 14.5. The molecule has 0 heterocycles. The Labute approximate surface area is 128 Å². The lowest BCUT2D eigenvalue weighted by Gasteiger charge is -2.11. The van der Waals surface area contributed by atoms with Crippen LogP contribution in [0.1, 0.15) is 30.4 Å². The molecule has 0 saturated carbocycles. The average Bonchev–Trinajstić information content (AvgIpc) is 2.42. The Balaban J connectivity index is 1.93. The van der Waals surface area contributed by atoms with Gasteiger partial charge in [0, 0.05) is 23.0 Å². The van der Waals surface area contributed by atoms with Crippen molar-refractivity contribution in [2.75, 3.05) is 5.73 Å². The van der Waals surface area contributed by atoms with Gasteiger partial charge in [0.1, 0.15) is 5.78 Å². The molecule has 3 heteroatoms. The zero-order valence-corrected chi connectivity index (χ0v) is 13.1. The predicted molar refractivity (Wildman–Crippen MR) is 86.7 cm³/mol. The topological polar surface area (TPSA) is 43.1 Å². The highest BCUT2D eigenvalue weighted by Gasteiger charge is 2.11. The third kappa shape index (κ3) is 4.20. The smallest absolute Gasteiger partial charge is 0.137 e. The van der Waals surface area contributed by atoms with E-state index in [-0.39, 0.29) is 11.7 Å². The highest BCUT2D eigenvalue weighted by molar-refractivity contribution is 9.10. The van der Waals surface area contributed by atoms with E-state index in [0.717, 1.165) is 21.3 Å². The van der Waals surface area contributed by atoms with Crippen LogP contribution in [0.15, 0.2) is 53.0 Å². The monoisotopic (exact) mass is 331 g/mol. The molecule has 20 heavy (non-hydrogen) atoms. The Kier molecular flexibility index (Phi) is 4.96. The number of ketones is 1. The molecule has 0 spiro atoms. The van der Waals surface area contributed by atoms with Crippen LogP contribution in [0, 0.1) is 0 Å². The lowest BCUT2D eigenvalue weighted by molar-refractivity contribution is -0.118. The standard InChI is InChI=1S/C17H18BrNO/c1-12(14-4-8-16(19)9-5-14)10-17(20)11-13-2-6-15(18)7-3-13/h2-9,12H,10-11,19H2,1H3. The fraction of sp³-hybridized carbons (Fsp3) is 0.235. The first kappa shape index (κ1) is 14.8. The zero-order valence-electron chi connectivity index (χ0n) is 11.5. The molecule has 2 rings (SSSR count). The van der Waals surface area contributed by atoms with Crippen LogP contribution in [0.4, 0.5) is 5.69 Å². The number of rotatable bonds is 5. The first-order chi connectivity index (χ1) is 9.54. The van der Waals surface area contributed by atoms with Crippen LogP contribution in [-0.2, 0) is 11.2 Å². The van der Waals surface area contributed by atoms with Crippen molar-refractivity contribution in [3.05, 3.63) is 64.1 Å². The van der Waals surface area contributed by atoms with Crippen LogP contribution in [0.2, 0.25) is 0 Å². The van der Waals surface area contributed by atoms with Gasteiger partial charge in [-0.15, -0.1) is 0 Å². The quantitative estimate of drug-likeness (QED) is 0.828. The molecule has 2 N–H and O–H groups in total. The molecule has 2 nitrogen and oxygen atoms in total. The molecular formula is C17H18BrNO. The fourth-order valence-electron chi connectivity index (χ4n) is 2.19. The van der Waals surface area contributed by atoms with Crippen molar-refractivity contribution in [2.45, 2.75) is 25.7 Å². The summed E-state index contributed by atoms with van der Waals surface area (Å²) in [5.74, 6) is 0.482. The molecule has 0 amide bonds. The highest BCUT2D eigenvalue weighted by Crippen LogP contribution is 2.21. The molecule has 2 aromatic carbocycles. The van der Waals surface area contributed by atoms with Crippen molar-refractivity contribution < 1.29 is 4.79 Å². The first-order valence-corrected chi connectivity index (χ1v) is 7.45. The number of anilines is 1. The van der Waals surface area contributed by atoms with Crippen LogP contribution < -0.4 is 5.73 Å². The summed E-state index contributed by atoms with van der Waals surface area (Å²) in [5.41, 5.74) is 8.64. The highest BCUT2D eigenvalue weighted by atomic mass is 79.9. The van der Waals surface area contributed by atoms with Crippen LogP contribution in [0.3, 0.4) is 0 Å². The van der Waals surface area contributed by atoms with Gasteiger partial charge in [0.15, 0.2) is 0 Å². The maximum atomic E-state index is 12.1. The van der Waals surface area contributed by atoms with Crippen LogP contribution in [0.25, 0.3) is 0 Å². The van der Waals surface area contributed by atoms with Gasteiger partial charge in [-0.25, -0.2) is 0 Å². The van der Waals surface area contributed by atoms with Crippen LogP contribution in [-0.4, -0.2) is 5.78 Å². The predicted octanol–water partition coefficient (Wildman–Crippen LogP) is 4.34. The minimum Gasteiger partial charge on any atom is -0.399 e. The van der Waals surface area contributed by atoms with Gasteiger partial charge in [0.25, 0.3) is 0 Å². The van der Waals surface area contributed by atoms with E-state index in [2.05, 4.69) is 22.9 Å². The molecule has 0 aliphatic carbocycles. The summed E-state index contributed by atoms with van der Waals surface area (Å²) in [6.07, 6.45) is 1.05. The summed E-state index contributed by atoms with van der Waals surface area (Å²) in [5, 5.41) is 0. The fourth-order valence-corrected chi connectivity index (χ4v) is 2.45. The molecule has 0 aromatic heterocycles. The number of Topliss-reactive ketones (excluding diaryl/α,β-unsaturated/α-hetero) is 1. The van der Waals surface area contributed by atoms with Gasteiger partial charge in [0.2, 0.25) is 0 Å². The van der Waals surface area contributed by atoms with Crippen molar-refractivity contribution in [1.29, 1.82) is 0 Å². The summed E-state index contributed by atoms with van der Waals surface area (Å²) < 4.78 is 1.03. The molecule has 1 atom stereocenters. The van der Waals surface area contributed by atoms with Gasteiger partial charge < -0.3 is 5.73 Å². The molecule has 0 aliphatic heterocycles. The summed E-state index contributed by atoms with van der Waals surface area (Å²) in [7, 11) is 0. The molecule has 0 bridgehead atoms. The number of carbonyl (C=O) groups excluding carboxylic acids is 1.